The van der Waals surface area contributed by atoms with Crippen LogP contribution in [0.5, 0.6) is 11.5 Å². The van der Waals surface area contributed by atoms with Gasteiger partial charge in [0.1, 0.15) is 24.7 Å². The molecule has 1 aliphatic heterocycles. The number of carbonyl (C=O) groups excluding carboxylic acids is 3. The maximum absolute atomic E-state index is 12.5. The van der Waals surface area contributed by atoms with Crippen LogP contribution in [0.4, 0.5) is 5.69 Å². The Morgan fingerprint density at radius 1 is 0.774 bits per heavy atom. The number of esters is 1. The minimum Gasteiger partial charge on any atom is -0.497 e. The number of hydrogen-bond donors (Lipinski definition) is 0. The zero-order valence-electron chi connectivity index (χ0n) is 16.7. The minimum absolute atomic E-state index is 0.0744. The molecule has 7 heteroatoms. The van der Waals surface area contributed by atoms with Crippen molar-refractivity contribution in [2.75, 3.05) is 25.2 Å². The van der Waals surface area contributed by atoms with E-state index in [0.717, 1.165) is 10.6 Å². The highest BCUT2D eigenvalue weighted by Gasteiger charge is 2.36. The number of methoxy groups -OCH3 is 1. The topological polar surface area (TPSA) is 82.1 Å². The third kappa shape index (κ3) is 4.11. The SMILES string of the molecule is COc1ccc(OCCOC(=O)c2ccc(N3C(=O)c4ccccc4C3=O)cc2)cc1. The van der Waals surface area contributed by atoms with Crippen molar-refractivity contribution in [3.63, 3.8) is 0 Å². The first-order valence-electron chi connectivity index (χ1n) is 9.60. The summed E-state index contributed by atoms with van der Waals surface area (Å²) in [7, 11) is 1.58. The third-order valence-corrected chi connectivity index (χ3v) is 4.80. The molecule has 0 unspecified atom stereocenters. The molecular weight excluding hydrogens is 398 g/mol. The molecule has 7 nitrogen and oxygen atoms in total. The number of anilines is 1. The summed E-state index contributed by atoms with van der Waals surface area (Å²) in [6.45, 7) is 0.274. The summed E-state index contributed by atoms with van der Waals surface area (Å²) < 4.78 is 15.8. The van der Waals surface area contributed by atoms with Crippen molar-refractivity contribution in [3.05, 3.63) is 89.5 Å². The van der Waals surface area contributed by atoms with E-state index in [4.69, 9.17) is 14.2 Å². The molecule has 2 amide bonds. The number of carbonyl (C=O) groups is 3. The Bertz CT molecular complexity index is 1090. The van der Waals surface area contributed by atoms with Crippen molar-refractivity contribution in [2.45, 2.75) is 0 Å². The van der Waals surface area contributed by atoms with Gasteiger partial charge in [0.25, 0.3) is 11.8 Å². The zero-order chi connectivity index (χ0) is 21.8. The van der Waals surface area contributed by atoms with E-state index in [1.165, 1.54) is 12.1 Å². The molecule has 0 radical (unpaired) electrons. The lowest BCUT2D eigenvalue weighted by Gasteiger charge is -2.14. The van der Waals surface area contributed by atoms with Gasteiger partial charge in [-0.15, -0.1) is 0 Å². The van der Waals surface area contributed by atoms with E-state index in [9.17, 15) is 14.4 Å². The first-order chi connectivity index (χ1) is 15.1. The van der Waals surface area contributed by atoms with Gasteiger partial charge in [0.05, 0.1) is 29.5 Å². The lowest BCUT2D eigenvalue weighted by atomic mass is 10.1. The Hall–Kier alpha value is -4.13. The summed E-state index contributed by atoms with van der Waals surface area (Å²) in [5.74, 6) is 0.0797. The van der Waals surface area contributed by atoms with Gasteiger partial charge in [-0.25, -0.2) is 9.69 Å². The largest absolute Gasteiger partial charge is 0.497 e. The first-order valence-corrected chi connectivity index (χ1v) is 9.60. The second kappa shape index (κ2) is 8.71. The molecule has 4 rings (SSSR count). The predicted octanol–water partition coefficient (Wildman–Crippen LogP) is 3.73. The quantitative estimate of drug-likeness (QED) is 0.331. The van der Waals surface area contributed by atoms with Crippen molar-refractivity contribution in [3.8, 4) is 11.5 Å². The number of imide groups is 1. The summed E-state index contributed by atoms with van der Waals surface area (Å²) >= 11 is 0. The molecule has 0 N–H and O–H groups in total. The normalized spacial score (nSPS) is 12.5. The number of rotatable bonds is 7. The number of fused-ring (bicyclic) bond motifs is 1. The zero-order valence-corrected chi connectivity index (χ0v) is 16.7. The third-order valence-electron chi connectivity index (χ3n) is 4.80. The summed E-state index contributed by atoms with van der Waals surface area (Å²) in [6, 6.07) is 19.9. The Labute approximate surface area is 178 Å². The molecule has 1 aliphatic rings. The van der Waals surface area contributed by atoms with Crippen molar-refractivity contribution in [1.29, 1.82) is 0 Å². The molecule has 3 aromatic carbocycles. The van der Waals surface area contributed by atoms with Crippen molar-refractivity contribution < 1.29 is 28.6 Å². The summed E-state index contributed by atoms with van der Waals surface area (Å²) in [5.41, 5.74) is 1.44. The molecule has 31 heavy (non-hydrogen) atoms. The van der Waals surface area contributed by atoms with E-state index in [0.29, 0.717) is 28.1 Å². The van der Waals surface area contributed by atoms with Gasteiger partial charge in [0.15, 0.2) is 0 Å². The first kappa shape index (κ1) is 20.2. The van der Waals surface area contributed by atoms with E-state index in [2.05, 4.69) is 0 Å². The van der Waals surface area contributed by atoms with Crippen LogP contribution in [0, 0.1) is 0 Å². The molecule has 0 saturated carbocycles. The standard InChI is InChI=1S/C24H19NO6/c1-29-18-10-12-19(13-11-18)30-14-15-31-24(28)16-6-8-17(9-7-16)25-22(26)20-4-2-3-5-21(20)23(25)27/h2-13H,14-15H2,1H3. The van der Waals surface area contributed by atoms with Crippen LogP contribution in [-0.2, 0) is 4.74 Å². The van der Waals surface area contributed by atoms with Gasteiger partial charge in [-0.1, -0.05) is 12.1 Å². The highest BCUT2D eigenvalue weighted by molar-refractivity contribution is 6.34. The van der Waals surface area contributed by atoms with Crippen LogP contribution in [0.25, 0.3) is 0 Å². The lowest BCUT2D eigenvalue weighted by Crippen LogP contribution is -2.29. The van der Waals surface area contributed by atoms with E-state index in [1.807, 2.05) is 0 Å². The number of hydrogen-bond acceptors (Lipinski definition) is 6. The van der Waals surface area contributed by atoms with E-state index in [-0.39, 0.29) is 25.0 Å². The second-order valence-corrected chi connectivity index (χ2v) is 6.70. The Kier molecular flexibility index (Phi) is 5.66. The van der Waals surface area contributed by atoms with Gasteiger partial charge >= 0.3 is 5.97 Å². The lowest BCUT2D eigenvalue weighted by molar-refractivity contribution is 0.0450. The summed E-state index contributed by atoms with van der Waals surface area (Å²) in [4.78, 5) is 38.4. The van der Waals surface area contributed by atoms with Crippen LogP contribution in [-0.4, -0.2) is 38.1 Å². The average molecular weight is 417 g/mol. The van der Waals surface area contributed by atoms with Crippen molar-refractivity contribution in [1.82, 2.24) is 0 Å². The highest BCUT2D eigenvalue weighted by atomic mass is 16.6. The van der Waals surface area contributed by atoms with Crippen LogP contribution in [0.1, 0.15) is 31.1 Å². The number of ether oxygens (including phenoxy) is 3. The average Bonchev–Trinajstić information content (AvgIpc) is 3.07. The van der Waals surface area contributed by atoms with Crippen LogP contribution in [0.15, 0.2) is 72.8 Å². The molecule has 0 saturated heterocycles. The minimum atomic E-state index is -0.521. The molecule has 0 bridgehead atoms. The van der Waals surface area contributed by atoms with Gasteiger partial charge < -0.3 is 14.2 Å². The van der Waals surface area contributed by atoms with Gasteiger partial charge in [0, 0.05) is 0 Å². The smallest absolute Gasteiger partial charge is 0.338 e. The monoisotopic (exact) mass is 417 g/mol. The van der Waals surface area contributed by atoms with E-state index < -0.39 is 5.97 Å². The van der Waals surface area contributed by atoms with Gasteiger partial charge in [-0.3, -0.25) is 9.59 Å². The summed E-state index contributed by atoms with van der Waals surface area (Å²) in [6.07, 6.45) is 0. The summed E-state index contributed by atoms with van der Waals surface area (Å²) in [5, 5.41) is 0. The van der Waals surface area contributed by atoms with Crippen LogP contribution in [0.2, 0.25) is 0 Å². The highest BCUT2D eigenvalue weighted by Crippen LogP contribution is 2.28. The maximum atomic E-state index is 12.5. The van der Waals surface area contributed by atoms with E-state index >= 15 is 0 Å². The molecule has 0 fully saturated rings. The molecule has 0 spiro atoms. The van der Waals surface area contributed by atoms with Gasteiger partial charge in [0.2, 0.25) is 0 Å². The molecule has 156 valence electrons. The van der Waals surface area contributed by atoms with Gasteiger partial charge in [-0.2, -0.15) is 0 Å². The fourth-order valence-corrected chi connectivity index (χ4v) is 3.22. The Morgan fingerprint density at radius 3 is 1.94 bits per heavy atom. The maximum Gasteiger partial charge on any atom is 0.338 e. The fourth-order valence-electron chi connectivity index (χ4n) is 3.22. The van der Waals surface area contributed by atoms with Gasteiger partial charge in [-0.05, 0) is 60.7 Å². The second-order valence-electron chi connectivity index (χ2n) is 6.70. The van der Waals surface area contributed by atoms with Crippen LogP contribution in [0.3, 0.4) is 0 Å². The fraction of sp³-hybridized carbons (Fsp3) is 0.125. The Balaban J connectivity index is 1.32. The van der Waals surface area contributed by atoms with Crippen molar-refractivity contribution in [2.24, 2.45) is 0 Å². The molecule has 0 aromatic heterocycles. The number of nitrogens with zero attached hydrogens (tertiary/aromatic N) is 1. The Morgan fingerprint density at radius 2 is 1.35 bits per heavy atom. The van der Waals surface area contributed by atoms with E-state index in [1.54, 1.807) is 67.8 Å². The predicted molar refractivity (Wildman–Crippen MR) is 113 cm³/mol. The number of amides is 2. The molecule has 0 aliphatic carbocycles. The number of benzene rings is 3. The molecule has 0 atom stereocenters. The van der Waals surface area contributed by atoms with Crippen molar-refractivity contribution >= 4 is 23.5 Å². The molecular formula is C24H19NO6. The van der Waals surface area contributed by atoms with Crippen LogP contribution >= 0.6 is 0 Å². The molecule has 3 aromatic rings. The van der Waals surface area contributed by atoms with Crippen LogP contribution < -0.4 is 14.4 Å². The molecule has 1 heterocycles.